The molecule has 9 nitrogen and oxygen atoms in total. The van der Waals surface area contributed by atoms with Crippen molar-refractivity contribution in [3.8, 4) is 0 Å². The van der Waals surface area contributed by atoms with E-state index < -0.39 is 34.0 Å². The second kappa shape index (κ2) is 9.06. The van der Waals surface area contributed by atoms with Crippen molar-refractivity contribution < 1.29 is 22.8 Å². The number of hydrogen-bond donors (Lipinski definition) is 2. The van der Waals surface area contributed by atoms with Crippen LogP contribution in [0.25, 0.3) is 0 Å². The van der Waals surface area contributed by atoms with Crippen LogP contribution in [-0.2, 0) is 19.6 Å². The van der Waals surface area contributed by atoms with E-state index in [1.54, 1.807) is 19.1 Å². The van der Waals surface area contributed by atoms with Crippen molar-refractivity contribution in [2.24, 2.45) is 5.92 Å². The van der Waals surface area contributed by atoms with Gasteiger partial charge in [0.2, 0.25) is 15.9 Å². The molecule has 2 saturated heterocycles. The van der Waals surface area contributed by atoms with Gasteiger partial charge in [0.05, 0.1) is 4.90 Å². The number of sulfonamides is 1. The summed E-state index contributed by atoms with van der Waals surface area (Å²) in [5.74, 6) is -0.897. The fraction of sp³-hybridized carbons (Fsp3) is 0.609. The molecule has 0 bridgehead atoms. The molecule has 180 valence electrons. The maximum Gasteiger partial charge on any atom is 0.325 e. The number of nitrogens with zero attached hydrogens (tertiary/aromatic N) is 2. The topological polar surface area (TPSA) is 116 Å². The molecule has 1 aromatic carbocycles. The van der Waals surface area contributed by atoms with E-state index in [2.05, 4.69) is 10.6 Å². The summed E-state index contributed by atoms with van der Waals surface area (Å²) < 4.78 is 27.7. The van der Waals surface area contributed by atoms with Gasteiger partial charge in [-0.05, 0) is 56.2 Å². The number of aryl methyl sites for hydroxylation is 1. The Morgan fingerprint density at radius 2 is 1.88 bits per heavy atom. The van der Waals surface area contributed by atoms with E-state index in [9.17, 15) is 22.8 Å². The molecular weight excluding hydrogens is 444 g/mol. The summed E-state index contributed by atoms with van der Waals surface area (Å²) in [7, 11) is -3.66. The lowest BCUT2D eigenvalue weighted by molar-refractivity contribution is -0.136. The molecule has 1 aliphatic carbocycles. The molecule has 3 fully saturated rings. The summed E-state index contributed by atoms with van der Waals surface area (Å²) in [5, 5.41) is 5.49. The molecule has 0 unspecified atom stereocenters. The predicted octanol–water partition coefficient (Wildman–Crippen LogP) is 2.61. The first-order chi connectivity index (χ1) is 15.6. The third kappa shape index (κ3) is 4.38. The van der Waals surface area contributed by atoms with E-state index in [4.69, 9.17) is 0 Å². The lowest BCUT2D eigenvalue weighted by Gasteiger charge is -2.36. The Labute approximate surface area is 194 Å². The summed E-state index contributed by atoms with van der Waals surface area (Å²) in [4.78, 5) is 39.4. The van der Waals surface area contributed by atoms with Crippen molar-refractivity contribution in [1.82, 2.24) is 14.5 Å². The van der Waals surface area contributed by atoms with Crippen molar-refractivity contribution in [2.45, 2.75) is 69.2 Å². The molecule has 2 atom stereocenters. The molecule has 2 aliphatic heterocycles. The van der Waals surface area contributed by atoms with Crippen LogP contribution >= 0.6 is 0 Å². The lowest BCUT2D eigenvalue weighted by atomic mass is 9.73. The normalized spacial score (nSPS) is 26.5. The molecule has 1 spiro atoms. The second-order valence-electron chi connectivity index (χ2n) is 9.43. The number of amides is 4. The fourth-order valence-corrected chi connectivity index (χ4v) is 6.95. The van der Waals surface area contributed by atoms with Gasteiger partial charge >= 0.3 is 6.03 Å². The zero-order valence-electron chi connectivity index (χ0n) is 19.2. The summed E-state index contributed by atoms with van der Waals surface area (Å²) in [5.41, 5.74) is -0.00953. The third-order valence-corrected chi connectivity index (χ3v) is 9.25. The van der Waals surface area contributed by atoms with Crippen LogP contribution in [0.5, 0.6) is 0 Å². The number of urea groups is 1. The van der Waals surface area contributed by atoms with Crippen molar-refractivity contribution in [1.29, 1.82) is 0 Å². The molecule has 2 heterocycles. The van der Waals surface area contributed by atoms with Gasteiger partial charge in [0.1, 0.15) is 12.1 Å². The van der Waals surface area contributed by atoms with Gasteiger partial charge in [-0.15, -0.1) is 0 Å². The Hall–Kier alpha value is -2.46. The highest BCUT2D eigenvalue weighted by Gasteiger charge is 2.55. The van der Waals surface area contributed by atoms with Gasteiger partial charge < -0.3 is 10.6 Å². The minimum atomic E-state index is -3.66. The summed E-state index contributed by atoms with van der Waals surface area (Å²) in [6.07, 6.45) is 5.98. The van der Waals surface area contributed by atoms with E-state index in [1.165, 1.54) is 10.4 Å². The van der Waals surface area contributed by atoms with Crippen molar-refractivity contribution in [3.05, 3.63) is 23.8 Å². The van der Waals surface area contributed by atoms with Gasteiger partial charge in [-0.2, -0.15) is 4.31 Å². The number of anilines is 1. The van der Waals surface area contributed by atoms with Crippen LogP contribution in [0.3, 0.4) is 0 Å². The van der Waals surface area contributed by atoms with E-state index >= 15 is 0 Å². The smallest absolute Gasteiger partial charge is 0.324 e. The lowest BCUT2D eigenvalue weighted by Crippen LogP contribution is -2.54. The van der Waals surface area contributed by atoms with Gasteiger partial charge in [0.25, 0.3) is 5.91 Å². The number of piperidine rings is 1. The highest BCUT2D eigenvalue weighted by molar-refractivity contribution is 7.89. The molecule has 3 aliphatic rings. The summed E-state index contributed by atoms with van der Waals surface area (Å²) >= 11 is 0. The largest absolute Gasteiger partial charge is 0.325 e. The minimum Gasteiger partial charge on any atom is -0.324 e. The zero-order valence-corrected chi connectivity index (χ0v) is 20.0. The number of nitrogens with one attached hydrogen (secondary N) is 2. The first-order valence-electron chi connectivity index (χ1n) is 11.7. The summed E-state index contributed by atoms with van der Waals surface area (Å²) in [6, 6.07) is 4.17. The highest BCUT2D eigenvalue weighted by Crippen LogP contribution is 2.38. The highest BCUT2D eigenvalue weighted by atomic mass is 32.2. The molecule has 4 rings (SSSR count). The van der Waals surface area contributed by atoms with Gasteiger partial charge in [-0.1, -0.05) is 32.3 Å². The van der Waals surface area contributed by atoms with Crippen LogP contribution in [0.2, 0.25) is 0 Å². The molecule has 0 aromatic heterocycles. The van der Waals surface area contributed by atoms with E-state index in [0.29, 0.717) is 30.8 Å². The van der Waals surface area contributed by atoms with Gasteiger partial charge in [0, 0.05) is 18.8 Å². The molecule has 2 N–H and O–H groups in total. The van der Waals surface area contributed by atoms with Crippen molar-refractivity contribution in [2.75, 3.05) is 25.0 Å². The number of imide groups is 1. The minimum absolute atomic E-state index is 0.00964. The number of carbonyl (C=O) groups is 3. The van der Waals surface area contributed by atoms with Crippen LogP contribution in [0.1, 0.15) is 57.4 Å². The molecule has 10 heteroatoms. The zero-order chi connectivity index (χ0) is 23.8. The molecular formula is C23H32N4O5S. The number of hydrogen-bond acceptors (Lipinski definition) is 5. The molecule has 1 saturated carbocycles. The Morgan fingerprint density at radius 1 is 1.15 bits per heavy atom. The monoisotopic (exact) mass is 476 g/mol. The first-order valence-corrected chi connectivity index (χ1v) is 13.1. The van der Waals surface area contributed by atoms with E-state index in [0.717, 1.165) is 43.4 Å². The maximum atomic E-state index is 13.1. The van der Waals surface area contributed by atoms with Crippen LogP contribution in [-0.4, -0.2) is 60.6 Å². The quantitative estimate of drug-likeness (QED) is 0.634. The molecule has 1 aromatic rings. The van der Waals surface area contributed by atoms with E-state index in [1.807, 2.05) is 6.92 Å². The standard InChI is InChI=1S/C23H32N4O5S/c1-16-9-10-18(14-19(16)33(31,32)26-12-6-3-7-13-26)24-20(28)15-27-21(29)23(25-22(27)30)11-5-4-8-17(23)2/h9-10,14,17H,3-8,11-13,15H2,1-2H3,(H,24,28)(H,25,30)/t17-,23-/m1/s1. The molecule has 33 heavy (non-hydrogen) atoms. The Morgan fingerprint density at radius 3 is 2.58 bits per heavy atom. The summed E-state index contributed by atoms with van der Waals surface area (Å²) in [6.45, 7) is 4.24. The van der Waals surface area contributed by atoms with Crippen molar-refractivity contribution in [3.63, 3.8) is 0 Å². The second-order valence-corrected chi connectivity index (χ2v) is 11.3. The van der Waals surface area contributed by atoms with Gasteiger partial charge in [-0.3, -0.25) is 14.5 Å². The Bertz CT molecular complexity index is 1070. The van der Waals surface area contributed by atoms with Crippen LogP contribution in [0.15, 0.2) is 23.1 Å². The van der Waals surface area contributed by atoms with Crippen LogP contribution in [0, 0.1) is 12.8 Å². The SMILES string of the molecule is Cc1ccc(NC(=O)CN2C(=O)N[C@@]3(CCCC[C@H]3C)C2=O)cc1S(=O)(=O)N1CCCCC1. The average molecular weight is 477 g/mol. The first kappa shape index (κ1) is 23.7. The van der Waals surface area contributed by atoms with Crippen LogP contribution < -0.4 is 10.6 Å². The Kier molecular flexibility index (Phi) is 6.50. The van der Waals surface area contributed by atoms with Gasteiger partial charge in [-0.25, -0.2) is 13.2 Å². The van der Waals surface area contributed by atoms with Crippen molar-refractivity contribution >= 4 is 33.6 Å². The van der Waals surface area contributed by atoms with Crippen LogP contribution in [0.4, 0.5) is 10.5 Å². The number of carbonyl (C=O) groups excluding carboxylic acids is 3. The molecule has 4 amide bonds. The number of benzene rings is 1. The fourth-order valence-electron chi connectivity index (χ4n) is 5.18. The van der Waals surface area contributed by atoms with Gasteiger partial charge in [0.15, 0.2) is 0 Å². The van der Waals surface area contributed by atoms with E-state index in [-0.39, 0.29) is 16.7 Å². The average Bonchev–Trinajstić information content (AvgIpc) is 3.02. The maximum absolute atomic E-state index is 13.1. The Balaban J connectivity index is 1.47. The predicted molar refractivity (Wildman–Crippen MR) is 123 cm³/mol. The number of rotatable bonds is 5. The molecule has 0 radical (unpaired) electrons. The third-order valence-electron chi connectivity index (χ3n) is 7.21.